The van der Waals surface area contributed by atoms with Crippen LogP contribution in [0.4, 0.5) is 0 Å². The van der Waals surface area contributed by atoms with Crippen molar-refractivity contribution >= 4 is 24.8 Å². The molecule has 3 nitrogen and oxygen atoms in total. The van der Waals surface area contributed by atoms with Gasteiger partial charge >= 0.3 is 60.2 Å². The summed E-state index contributed by atoms with van der Waals surface area (Å²) >= 11 is 0. The molecule has 2 aromatic rings. The van der Waals surface area contributed by atoms with Crippen LogP contribution in [0.2, 0.25) is 0 Å². The Kier molecular flexibility index (Phi) is 8.85. The molecule has 0 saturated carbocycles. The number of benzene rings is 2. The van der Waals surface area contributed by atoms with Gasteiger partial charge in [0.1, 0.15) is 0 Å². The molecule has 0 unspecified atom stereocenters. The second kappa shape index (κ2) is 9.54. The van der Waals surface area contributed by atoms with Gasteiger partial charge < -0.3 is 14.7 Å². The van der Waals surface area contributed by atoms with Crippen LogP contribution in [0.25, 0.3) is 10.8 Å². The molecular formula is C16H23KO3Si. The van der Waals surface area contributed by atoms with E-state index < -0.39 is 8.80 Å². The largest absolute Gasteiger partial charge is 1.00 e. The van der Waals surface area contributed by atoms with Crippen molar-refractivity contribution in [3.63, 3.8) is 0 Å². The molecule has 0 radical (unpaired) electrons. The quantitative estimate of drug-likeness (QED) is 0.680. The Morgan fingerprint density at radius 3 is 1.90 bits per heavy atom. The molecule has 0 fully saturated rings. The minimum absolute atomic E-state index is 0. The zero-order valence-corrected chi connectivity index (χ0v) is 17.5. The van der Waals surface area contributed by atoms with E-state index in [1.165, 1.54) is 5.39 Å². The van der Waals surface area contributed by atoms with Crippen LogP contribution in [0, 0.1) is 0 Å². The fourth-order valence-corrected chi connectivity index (χ4v) is 5.14. The monoisotopic (exact) mass is 330 g/mol. The van der Waals surface area contributed by atoms with Crippen molar-refractivity contribution in [2.45, 2.75) is 20.8 Å². The van der Waals surface area contributed by atoms with Crippen LogP contribution in [0.1, 0.15) is 22.2 Å². The number of rotatable bonds is 7. The van der Waals surface area contributed by atoms with Crippen LogP contribution < -0.4 is 56.6 Å². The van der Waals surface area contributed by atoms with E-state index >= 15 is 0 Å². The van der Waals surface area contributed by atoms with Crippen LogP contribution in [0.5, 0.6) is 0 Å². The van der Waals surface area contributed by atoms with Gasteiger partial charge in [-0.15, -0.1) is 0 Å². The predicted molar refractivity (Wildman–Crippen MR) is 85.3 cm³/mol. The molecule has 0 aliphatic carbocycles. The Morgan fingerprint density at radius 1 is 0.810 bits per heavy atom. The summed E-state index contributed by atoms with van der Waals surface area (Å²) in [6.07, 6.45) is 0. The molecule has 2 aromatic carbocycles. The van der Waals surface area contributed by atoms with E-state index in [2.05, 4.69) is 24.3 Å². The van der Waals surface area contributed by atoms with Gasteiger partial charge in [0.25, 0.3) is 0 Å². The van der Waals surface area contributed by atoms with Crippen molar-refractivity contribution in [3.8, 4) is 0 Å². The molecule has 0 N–H and O–H groups in total. The van der Waals surface area contributed by atoms with E-state index in [0.717, 1.165) is 10.6 Å². The first kappa shape index (κ1) is 19.5. The van der Waals surface area contributed by atoms with Gasteiger partial charge in [0.2, 0.25) is 0 Å². The molecule has 2 rings (SSSR count). The summed E-state index contributed by atoms with van der Waals surface area (Å²) in [7, 11) is -2.84. The van der Waals surface area contributed by atoms with E-state index in [1.54, 1.807) is 0 Å². The molecule has 0 spiro atoms. The molecule has 0 aliphatic heterocycles. The number of fused-ring (bicyclic) bond motifs is 1. The molecule has 0 amide bonds. The summed E-state index contributed by atoms with van der Waals surface area (Å²) < 4.78 is 18.0. The van der Waals surface area contributed by atoms with Crippen molar-refractivity contribution in [2.75, 3.05) is 19.8 Å². The molecule has 0 heterocycles. The minimum Gasteiger partial charge on any atom is -1.00 e. The first-order chi connectivity index (χ1) is 9.77. The summed E-state index contributed by atoms with van der Waals surface area (Å²) in [5.41, 5.74) is 0. The molecule has 0 aromatic heterocycles. The summed E-state index contributed by atoms with van der Waals surface area (Å²) in [6, 6.07) is 14.5. The van der Waals surface area contributed by atoms with Crippen LogP contribution >= 0.6 is 0 Å². The van der Waals surface area contributed by atoms with E-state index in [1.807, 2.05) is 39.0 Å². The van der Waals surface area contributed by atoms with Gasteiger partial charge in [0.15, 0.2) is 0 Å². The van der Waals surface area contributed by atoms with Gasteiger partial charge in [-0.1, -0.05) is 42.5 Å². The van der Waals surface area contributed by atoms with E-state index in [-0.39, 0.29) is 52.8 Å². The normalized spacial score (nSPS) is 11.4. The van der Waals surface area contributed by atoms with Gasteiger partial charge in [-0.3, -0.25) is 0 Å². The summed E-state index contributed by atoms with van der Waals surface area (Å²) in [4.78, 5) is 0. The first-order valence-corrected chi connectivity index (χ1v) is 8.90. The van der Waals surface area contributed by atoms with E-state index in [4.69, 9.17) is 13.3 Å². The van der Waals surface area contributed by atoms with E-state index in [0.29, 0.717) is 19.8 Å². The Hall–Kier alpha value is 0.433. The maximum absolute atomic E-state index is 6.00. The summed E-state index contributed by atoms with van der Waals surface area (Å²) in [5.74, 6) is 0. The van der Waals surface area contributed by atoms with Crippen molar-refractivity contribution in [1.82, 2.24) is 0 Å². The molecule has 0 atom stereocenters. The topological polar surface area (TPSA) is 27.7 Å². The Morgan fingerprint density at radius 2 is 1.33 bits per heavy atom. The van der Waals surface area contributed by atoms with Crippen LogP contribution in [0.3, 0.4) is 0 Å². The third-order valence-corrected chi connectivity index (χ3v) is 6.22. The zero-order valence-electron chi connectivity index (χ0n) is 14.4. The van der Waals surface area contributed by atoms with E-state index in [9.17, 15) is 0 Å². The third-order valence-electron chi connectivity index (χ3n) is 3.12. The molecule has 5 heteroatoms. The molecule has 0 saturated heterocycles. The molecule has 110 valence electrons. The summed E-state index contributed by atoms with van der Waals surface area (Å²) in [6.45, 7) is 7.67. The van der Waals surface area contributed by atoms with Crippen molar-refractivity contribution in [1.29, 1.82) is 0 Å². The third kappa shape index (κ3) is 4.46. The number of hydrogen-bond donors (Lipinski definition) is 0. The summed E-state index contributed by atoms with van der Waals surface area (Å²) in [5, 5.41) is 3.39. The standard InChI is InChI=1S/C16H22O3Si.K.H/c1-4-17-20(18-5-2,19-6-3)16-13-9-11-14-10-7-8-12-15(14)16;;/h7-13H,4-6H2,1-3H3;;/q;+1;-1. The van der Waals surface area contributed by atoms with Crippen LogP contribution in [-0.4, -0.2) is 28.6 Å². The van der Waals surface area contributed by atoms with Gasteiger partial charge in [0, 0.05) is 25.0 Å². The Labute approximate surface area is 172 Å². The Balaban J connectivity index is 0.00000220. The second-order valence-electron chi connectivity index (χ2n) is 4.38. The van der Waals surface area contributed by atoms with Crippen LogP contribution in [-0.2, 0) is 13.3 Å². The average molecular weight is 331 g/mol. The number of hydrogen-bond acceptors (Lipinski definition) is 3. The molecular weight excluding hydrogens is 307 g/mol. The van der Waals surface area contributed by atoms with Crippen LogP contribution in [0.15, 0.2) is 42.5 Å². The van der Waals surface area contributed by atoms with Gasteiger partial charge in [-0.2, -0.15) is 0 Å². The predicted octanol–water partition coefficient (Wildman–Crippen LogP) is 0.212. The first-order valence-electron chi connectivity index (χ1n) is 7.17. The van der Waals surface area contributed by atoms with Gasteiger partial charge in [-0.05, 0) is 31.5 Å². The smallest absolute Gasteiger partial charge is 1.00 e. The maximum atomic E-state index is 6.00. The van der Waals surface area contributed by atoms with Crippen molar-refractivity contribution in [2.24, 2.45) is 0 Å². The fourth-order valence-electron chi connectivity index (χ4n) is 2.42. The zero-order chi connectivity index (χ0) is 14.4. The average Bonchev–Trinajstić information content (AvgIpc) is 2.47. The van der Waals surface area contributed by atoms with Gasteiger partial charge in [0.05, 0.1) is 0 Å². The molecule has 0 bridgehead atoms. The minimum atomic E-state index is -2.84. The van der Waals surface area contributed by atoms with Gasteiger partial charge in [-0.25, -0.2) is 0 Å². The fraction of sp³-hybridized carbons (Fsp3) is 0.375. The Bertz CT molecular complexity index is 546. The maximum Gasteiger partial charge on any atom is 1.00 e. The van der Waals surface area contributed by atoms with Crippen molar-refractivity contribution in [3.05, 3.63) is 42.5 Å². The molecule has 0 aliphatic rings. The molecule has 21 heavy (non-hydrogen) atoms. The second-order valence-corrected chi connectivity index (χ2v) is 6.90. The SMILES string of the molecule is CCO[Si](OCC)(OCC)c1cccc2ccccc12.[H-].[K+]. The van der Waals surface area contributed by atoms with Crippen molar-refractivity contribution < 1.29 is 66.1 Å².